The van der Waals surface area contributed by atoms with E-state index in [0.29, 0.717) is 0 Å². The van der Waals surface area contributed by atoms with Crippen LogP contribution in [0.5, 0.6) is 0 Å². The lowest BCUT2D eigenvalue weighted by atomic mass is 9.94. The summed E-state index contributed by atoms with van der Waals surface area (Å²) < 4.78 is 0. The highest BCUT2D eigenvalue weighted by molar-refractivity contribution is 4.81. The van der Waals surface area contributed by atoms with E-state index in [1.54, 1.807) is 0 Å². The average Bonchev–Trinajstić information content (AvgIpc) is 2.26. The van der Waals surface area contributed by atoms with Gasteiger partial charge in [0.25, 0.3) is 0 Å². The van der Waals surface area contributed by atoms with Crippen LogP contribution in [0.1, 0.15) is 64.7 Å². The molecule has 1 saturated carbocycles. The lowest BCUT2D eigenvalue weighted by Crippen LogP contribution is -2.48. The second kappa shape index (κ2) is 7.38. The van der Waals surface area contributed by atoms with Crippen molar-refractivity contribution in [1.29, 1.82) is 0 Å². The Labute approximate surface area is 107 Å². The zero-order valence-electron chi connectivity index (χ0n) is 11.6. The summed E-state index contributed by atoms with van der Waals surface area (Å²) in [5.74, 6) is 0. The number of rotatable bonds is 1. The Bertz CT molecular complexity index is 197. The molecule has 0 aromatic heterocycles. The van der Waals surface area contributed by atoms with E-state index in [0.717, 1.165) is 12.1 Å². The molecule has 1 N–H and O–H groups in total. The van der Waals surface area contributed by atoms with Gasteiger partial charge in [-0.15, -0.1) is 0 Å². The number of nitrogens with one attached hydrogen (secondary N) is 1. The van der Waals surface area contributed by atoms with Crippen molar-refractivity contribution < 1.29 is 0 Å². The normalized spacial score (nSPS) is 31.2. The summed E-state index contributed by atoms with van der Waals surface area (Å²) in [4.78, 5) is 2.82. The molecule has 2 aliphatic rings. The largest absolute Gasteiger partial charge is 0.315 e. The number of hydrogen-bond donors (Lipinski definition) is 1. The summed E-state index contributed by atoms with van der Waals surface area (Å²) in [6.07, 6.45) is 13.0. The molecule has 2 heteroatoms. The smallest absolute Gasteiger partial charge is 0.0195 e. The molecule has 2 rings (SSSR count). The monoisotopic (exact) mass is 238 g/mol. The molecule has 0 radical (unpaired) electrons. The van der Waals surface area contributed by atoms with Crippen molar-refractivity contribution in [3.63, 3.8) is 0 Å². The predicted molar refractivity (Wildman–Crippen MR) is 74.4 cm³/mol. The van der Waals surface area contributed by atoms with Crippen molar-refractivity contribution in [2.75, 3.05) is 19.6 Å². The lowest BCUT2D eigenvalue weighted by Gasteiger charge is -2.39. The molecule has 1 unspecified atom stereocenters. The van der Waals surface area contributed by atoms with Gasteiger partial charge in [0.1, 0.15) is 0 Å². The van der Waals surface area contributed by atoms with Gasteiger partial charge in [-0.2, -0.15) is 0 Å². The highest BCUT2D eigenvalue weighted by Gasteiger charge is 2.24. The van der Waals surface area contributed by atoms with E-state index < -0.39 is 0 Å². The fourth-order valence-electron chi connectivity index (χ4n) is 3.50. The molecule has 0 spiro atoms. The van der Waals surface area contributed by atoms with Crippen molar-refractivity contribution in [3.8, 4) is 0 Å². The van der Waals surface area contributed by atoms with Gasteiger partial charge in [-0.25, -0.2) is 0 Å². The summed E-state index contributed by atoms with van der Waals surface area (Å²) in [7, 11) is 0. The molecule has 2 nitrogen and oxygen atoms in total. The molecule has 0 aromatic rings. The first kappa shape index (κ1) is 13.4. The Morgan fingerprint density at radius 2 is 1.59 bits per heavy atom. The molecule has 1 aliphatic carbocycles. The van der Waals surface area contributed by atoms with Gasteiger partial charge < -0.3 is 5.32 Å². The maximum atomic E-state index is 3.59. The third kappa shape index (κ3) is 4.26. The lowest BCUT2D eigenvalue weighted by molar-refractivity contribution is 0.109. The number of nitrogens with zero attached hydrogens (tertiary/aromatic N) is 1. The maximum absolute atomic E-state index is 3.59. The molecular formula is C15H30N2. The van der Waals surface area contributed by atoms with Gasteiger partial charge in [-0.05, 0) is 45.7 Å². The van der Waals surface area contributed by atoms with E-state index in [1.807, 2.05) is 0 Å². The van der Waals surface area contributed by atoms with Crippen LogP contribution in [0.2, 0.25) is 0 Å². The van der Waals surface area contributed by atoms with Gasteiger partial charge in [0.15, 0.2) is 0 Å². The van der Waals surface area contributed by atoms with Crippen LogP contribution in [0.25, 0.3) is 0 Å². The fraction of sp³-hybridized carbons (Fsp3) is 1.00. The van der Waals surface area contributed by atoms with E-state index in [1.165, 1.54) is 77.4 Å². The predicted octanol–water partition coefficient (Wildman–Crippen LogP) is 3.17. The van der Waals surface area contributed by atoms with Crippen LogP contribution in [0, 0.1) is 0 Å². The van der Waals surface area contributed by atoms with Crippen LogP contribution in [0.3, 0.4) is 0 Å². The first-order valence-electron chi connectivity index (χ1n) is 7.84. The molecule has 0 aromatic carbocycles. The first-order chi connectivity index (χ1) is 8.38. The molecule has 2 fully saturated rings. The van der Waals surface area contributed by atoms with Crippen molar-refractivity contribution in [2.24, 2.45) is 0 Å². The van der Waals surface area contributed by atoms with E-state index in [2.05, 4.69) is 17.1 Å². The van der Waals surface area contributed by atoms with Crippen molar-refractivity contribution in [1.82, 2.24) is 10.2 Å². The Balaban J connectivity index is 1.90. The molecule has 1 saturated heterocycles. The Kier molecular flexibility index (Phi) is 5.79. The third-order valence-corrected chi connectivity index (χ3v) is 4.57. The summed E-state index contributed by atoms with van der Waals surface area (Å²) in [5.41, 5.74) is 0. The zero-order chi connectivity index (χ0) is 11.9. The molecule has 1 aliphatic heterocycles. The topological polar surface area (TPSA) is 15.3 Å². The van der Waals surface area contributed by atoms with Gasteiger partial charge in [0.2, 0.25) is 0 Å². The van der Waals surface area contributed by atoms with Gasteiger partial charge in [0, 0.05) is 18.6 Å². The second-order valence-electron chi connectivity index (χ2n) is 6.00. The molecule has 100 valence electrons. The van der Waals surface area contributed by atoms with Gasteiger partial charge in [0.05, 0.1) is 0 Å². The van der Waals surface area contributed by atoms with E-state index in [4.69, 9.17) is 0 Å². The van der Waals surface area contributed by atoms with Crippen LogP contribution in [-0.2, 0) is 0 Å². The SMILES string of the molecule is CC1CNCCCCN1C1CCCCCCC1. The molecular weight excluding hydrogens is 208 g/mol. The molecule has 17 heavy (non-hydrogen) atoms. The highest BCUT2D eigenvalue weighted by Crippen LogP contribution is 2.23. The van der Waals surface area contributed by atoms with Gasteiger partial charge in [-0.1, -0.05) is 32.1 Å². The van der Waals surface area contributed by atoms with Crippen LogP contribution < -0.4 is 5.32 Å². The molecule has 0 bridgehead atoms. The highest BCUT2D eigenvalue weighted by atomic mass is 15.2. The Morgan fingerprint density at radius 1 is 0.882 bits per heavy atom. The average molecular weight is 238 g/mol. The minimum Gasteiger partial charge on any atom is -0.315 e. The fourth-order valence-corrected chi connectivity index (χ4v) is 3.50. The van der Waals surface area contributed by atoms with E-state index >= 15 is 0 Å². The standard InChI is InChI=1S/C15H30N2/c1-14-13-16-11-7-8-12-17(14)15-9-5-3-2-4-6-10-15/h14-16H,2-13H2,1H3. The number of hydrogen-bond acceptors (Lipinski definition) is 2. The van der Waals surface area contributed by atoms with Gasteiger partial charge in [-0.3, -0.25) is 4.90 Å². The van der Waals surface area contributed by atoms with Crippen LogP contribution >= 0.6 is 0 Å². The van der Waals surface area contributed by atoms with Gasteiger partial charge >= 0.3 is 0 Å². The Hall–Kier alpha value is -0.0800. The molecule has 1 atom stereocenters. The minimum absolute atomic E-state index is 0.736. The molecule has 0 amide bonds. The minimum atomic E-state index is 0.736. The maximum Gasteiger partial charge on any atom is 0.0195 e. The summed E-state index contributed by atoms with van der Waals surface area (Å²) in [5, 5.41) is 3.59. The summed E-state index contributed by atoms with van der Waals surface area (Å²) in [6, 6.07) is 1.62. The Morgan fingerprint density at radius 3 is 2.35 bits per heavy atom. The second-order valence-corrected chi connectivity index (χ2v) is 6.00. The third-order valence-electron chi connectivity index (χ3n) is 4.57. The summed E-state index contributed by atoms with van der Waals surface area (Å²) >= 11 is 0. The first-order valence-corrected chi connectivity index (χ1v) is 7.84. The van der Waals surface area contributed by atoms with Crippen LogP contribution in [0.4, 0.5) is 0 Å². The van der Waals surface area contributed by atoms with E-state index in [-0.39, 0.29) is 0 Å². The van der Waals surface area contributed by atoms with Crippen molar-refractivity contribution in [2.45, 2.75) is 76.8 Å². The quantitative estimate of drug-likeness (QED) is 0.755. The molecule has 1 heterocycles. The summed E-state index contributed by atoms with van der Waals surface area (Å²) in [6.45, 7) is 6.17. The van der Waals surface area contributed by atoms with Crippen LogP contribution in [0.15, 0.2) is 0 Å². The van der Waals surface area contributed by atoms with Crippen LogP contribution in [-0.4, -0.2) is 36.6 Å². The van der Waals surface area contributed by atoms with Crippen molar-refractivity contribution in [3.05, 3.63) is 0 Å². The van der Waals surface area contributed by atoms with E-state index in [9.17, 15) is 0 Å². The zero-order valence-corrected chi connectivity index (χ0v) is 11.6. The van der Waals surface area contributed by atoms with Crippen molar-refractivity contribution >= 4 is 0 Å².